The van der Waals surface area contributed by atoms with E-state index in [0.717, 1.165) is 41.9 Å². The first-order valence-electron chi connectivity index (χ1n) is 6.09. The maximum atomic E-state index is 6.21. The van der Waals surface area contributed by atoms with Gasteiger partial charge in [-0.1, -0.05) is 17.7 Å². The van der Waals surface area contributed by atoms with Gasteiger partial charge in [0.25, 0.3) is 0 Å². The largest absolute Gasteiger partial charge is 0.381 e. The number of rotatable bonds is 1. The van der Waals surface area contributed by atoms with Crippen molar-refractivity contribution in [2.45, 2.75) is 25.3 Å². The van der Waals surface area contributed by atoms with Crippen molar-refractivity contribution in [1.29, 1.82) is 0 Å². The van der Waals surface area contributed by atoms with Gasteiger partial charge >= 0.3 is 0 Å². The Morgan fingerprint density at radius 2 is 2.11 bits per heavy atom. The second-order valence-corrected chi connectivity index (χ2v) is 5.80. The first kappa shape index (κ1) is 12.2. The zero-order chi connectivity index (χ0) is 12.8. The van der Waals surface area contributed by atoms with Crippen LogP contribution in [0.2, 0.25) is 5.02 Å². The van der Waals surface area contributed by atoms with Gasteiger partial charge in [0, 0.05) is 18.8 Å². The highest BCUT2D eigenvalue weighted by molar-refractivity contribution is 7.71. The van der Waals surface area contributed by atoms with Crippen LogP contribution >= 0.6 is 23.8 Å². The Morgan fingerprint density at radius 3 is 2.83 bits per heavy atom. The van der Waals surface area contributed by atoms with Gasteiger partial charge in [-0.2, -0.15) is 0 Å². The first-order chi connectivity index (χ1) is 8.62. The molecular weight excluding hydrogens is 268 g/mol. The number of nitrogens with zero attached hydrogens (tertiary/aromatic N) is 1. The first-order valence-corrected chi connectivity index (χ1v) is 6.88. The van der Waals surface area contributed by atoms with Gasteiger partial charge in [-0.3, -0.25) is 0 Å². The molecule has 3 nitrogen and oxygen atoms in total. The predicted molar refractivity (Wildman–Crippen MR) is 75.8 cm³/mol. The fourth-order valence-corrected chi connectivity index (χ4v) is 3.30. The number of ether oxygens (including phenoxy) is 1. The Kier molecular flexibility index (Phi) is 2.96. The Labute approximate surface area is 116 Å². The molecule has 1 N–H and O–H groups in total. The highest BCUT2D eigenvalue weighted by Crippen LogP contribution is 2.34. The summed E-state index contributed by atoms with van der Waals surface area (Å²) in [4.78, 5) is 3.22. The fourth-order valence-electron chi connectivity index (χ4n) is 2.67. The van der Waals surface area contributed by atoms with Crippen LogP contribution in [0.5, 0.6) is 0 Å². The number of aromatic nitrogens is 2. The van der Waals surface area contributed by atoms with Crippen LogP contribution in [-0.4, -0.2) is 22.8 Å². The maximum Gasteiger partial charge on any atom is 0.178 e. The van der Waals surface area contributed by atoms with Crippen LogP contribution in [-0.2, 0) is 10.3 Å². The molecule has 96 valence electrons. The summed E-state index contributed by atoms with van der Waals surface area (Å²) in [5.74, 6) is 0. The van der Waals surface area contributed by atoms with Gasteiger partial charge in [0.2, 0.25) is 0 Å². The van der Waals surface area contributed by atoms with Crippen LogP contribution in [0.15, 0.2) is 18.2 Å². The summed E-state index contributed by atoms with van der Waals surface area (Å²) in [6, 6.07) is 5.91. The lowest BCUT2D eigenvalue weighted by Gasteiger charge is -2.35. The molecule has 1 aromatic carbocycles. The van der Waals surface area contributed by atoms with Crippen LogP contribution in [0.3, 0.4) is 0 Å². The SMILES string of the molecule is CC1(n2c(=S)[nH]c3c(Cl)cccc32)CCOCC1. The third-order valence-corrected chi connectivity index (χ3v) is 4.38. The molecule has 1 aliphatic rings. The standard InChI is InChI=1S/C13H15ClN2OS/c1-13(5-7-17-8-6-13)16-10-4-2-3-9(14)11(10)15-12(16)18/h2-4H,5-8H2,1H3,(H,15,18). The van der Waals surface area contributed by atoms with Gasteiger partial charge in [-0.05, 0) is 44.1 Å². The lowest BCUT2D eigenvalue weighted by molar-refractivity contribution is 0.0306. The number of imidazole rings is 1. The number of benzene rings is 1. The number of nitrogens with one attached hydrogen (secondary N) is 1. The number of hydrogen-bond donors (Lipinski definition) is 1. The summed E-state index contributed by atoms with van der Waals surface area (Å²) in [5, 5.41) is 0.716. The summed E-state index contributed by atoms with van der Waals surface area (Å²) in [6.07, 6.45) is 1.95. The molecular formula is C13H15ClN2OS. The van der Waals surface area contributed by atoms with Crippen molar-refractivity contribution >= 4 is 34.9 Å². The molecule has 1 aliphatic heterocycles. The van der Waals surface area contributed by atoms with Gasteiger partial charge < -0.3 is 14.3 Å². The van der Waals surface area contributed by atoms with Gasteiger partial charge in [0.15, 0.2) is 4.77 Å². The fraction of sp³-hybridized carbons (Fsp3) is 0.462. The lowest BCUT2D eigenvalue weighted by Crippen LogP contribution is -2.36. The van der Waals surface area contributed by atoms with E-state index >= 15 is 0 Å². The third-order valence-electron chi connectivity index (χ3n) is 3.78. The summed E-state index contributed by atoms with van der Waals surface area (Å²) >= 11 is 11.7. The van der Waals surface area contributed by atoms with Gasteiger partial charge in [-0.15, -0.1) is 0 Å². The van der Waals surface area contributed by atoms with E-state index < -0.39 is 0 Å². The number of H-pyrrole nitrogens is 1. The van der Waals surface area contributed by atoms with Crippen LogP contribution in [0.25, 0.3) is 11.0 Å². The summed E-state index contributed by atoms with van der Waals surface area (Å²) < 4.78 is 8.39. The van der Waals surface area contributed by atoms with Crippen molar-refractivity contribution in [3.8, 4) is 0 Å². The van der Waals surface area contributed by atoms with Crippen molar-refractivity contribution in [1.82, 2.24) is 9.55 Å². The Bertz CT molecular complexity index is 640. The zero-order valence-corrected chi connectivity index (χ0v) is 11.8. The molecule has 1 saturated heterocycles. The number of halogens is 1. The highest BCUT2D eigenvalue weighted by atomic mass is 35.5. The van der Waals surface area contributed by atoms with Crippen LogP contribution < -0.4 is 0 Å². The number of hydrogen-bond acceptors (Lipinski definition) is 2. The molecule has 0 atom stereocenters. The van der Waals surface area contributed by atoms with Crippen molar-refractivity contribution in [3.05, 3.63) is 28.0 Å². The molecule has 0 saturated carbocycles. The van der Waals surface area contributed by atoms with E-state index in [1.807, 2.05) is 12.1 Å². The van der Waals surface area contributed by atoms with E-state index in [0.29, 0.717) is 5.02 Å². The van der Waals surface area contributed by atoms with E-state index in [4.69, 9.17) is 28.6 Å². The Hall–Kier alpha value is -0.840. The summed E-state index contributed by atoms with van der Waals surface area (Å²) in [6.45, 7) is 3.80. The van der Waals surface area contributed by atoms with Crippen LogP contribution in [0, 0.1) is 4.77 Å². The molecule has 0 radical (unpaired) electrons. The molecule has 1 fully saturated rings. The number of para-hydroxylation sites is 1. The van der Waals surface area contributed by atoms with E-state index in [1.54, 1.807) is 0 Å². The minimum absolute atomic E-state index is 0.0122. The quantitative estimate of drug-likeness (QED) is 0.805. The van der Waals surface area contributed by atoms with Gasteiger partial charge in [0.1, 0.15) is 0 Å². The summed E-state index contributed by atoms with van der Waals surface area (Å²) in [7, 11) is 0. The summed E-state index contributed by atoms with van der Waals surface area (Å²) in [5.41, 5.74) is 2.02. The van der Waals surface area contributed by atoms with E-state index in [-0.39, 0.29) is 5.54 Å². The Balaban J connectivity index is 2.25. The Morgan fingerprint density at radius 1 is 1.39 bits per heavy atom. The average molecular weight is 283 g/mol. The molecule has 0 spiro atoms. The van der Waals surface area contributed by atoms with E-state index in [2.05, 4.69) is 22.5 Å². The number of fused-ring (bicyclic) bond motifs is 1. The second-order valence-electron chi connectivity index (χ2n) is 5.01. The number of aromatic amines is 1. The molecule has 0 bridgehead atoms. The molecule has 0 unspecified atom stereocenters. The molecule has 0 aliphatic carbocycles. The maximum absolute atomic E-state index is 6.21. The third kappa shape index (κ3) is 1.79. The molecule has 2 aromatic rings. The van der Waals surface area contributed by atoms with Crippen molar-refractivity contribution < 1.29 is 4.74 Å². The monoisotopic (exact) mass is 282 g/mol. The zero-order valence-electron chi connectivity index (χ0n) is 10.2. The van der Waals surface area contributed by atoms with Crippen LogP contribution in [0.4, 0.5) is 0 Å². The van der Waals surface area contributed by atoms with Crippen molar-refractivity contribution in [2.24, 2.45) is 0 Å². The van der Waals surface area contributed by atoms with Crippen molar-refractivity contribution in [3.63, 3.8) is 0 Å². The normalized spacial score (nSPS) is 19.2. The topological polar surface area (TPSA) is 29.9 Å². The van der Waals surface area contributed by atoms with Gasteiger partial charge in [-0.25, -0.2) is 0 Å². The molecule has 1 aromatic heterocycles. The average Bonchev–Trinajstić information content (AvgIpc) is 2.68. The van der Waals surface area contributed by atoms with Crippen LogP contribution in [0.1, 0.15) is 19.8 Å². The highest BCUT2D eigenvalue weighted by Gasteiger charge is 2.31. The molecule has 5 heteroatoms. The minimum atomic E-state index is 0.0122. The second kappa shape index (κ2) is 4.37. The predicted octanol–water partition coefficient (Wildman–Crippen LogP) is 3.88. The molecule has 18 heavy (non-hydrogen) atoms. The lowest BCUT2D eigenvalue weighted by atomic mass is 9.92. The molecule has 2 heterocycles. The van der Waals surface area contributed by atoms with E-state index in [1.165, 1.54) is 0 Å². The molecule has 3 rings (SSSR count). The molecule has 0 amide bonds. The van der Waals surface area contributed by atoms with E-state index in [9.17, 15) is 0 Å². The minimum Gasteiger partial charge on any atom is -0.381 e. The smallest absolute Gasteiger partial charge is 0.178 e. The van der Waals surface area contributed by atoms with Gasteiger partial charge in [0.05, 0.1) is 16.1 Å². The van der Waals surface area contributed by atoms with Crippen molar-refractivity contribution in [2.75, 3.05) is 13.2 Å².